The van der Waals surface area contributed by atoms with E-state index in [2.05, 4.69) is 39.7 Å². The summed E-state index contributed by atoms with van der Waals surface area (Å²) in [5, 5.41) is 0. The zero-order valence-electron chi connectivity index (χ0n) is 14.5. The second kappa shape index (κ2) is 7.49. The summed E-state index contributed by atoms with van der Waals surface area (Å²) in [4.78, 5) is 11.6. The predicted molar refractivity (Wildman–Crippen MR) is 91.5 cm³/mol. The van der Waals surface area contributed by atoms with Gasteiger partial charge in [-0.15, -0.1) is 0 Å². The molecule has 1 aliphatic heterocycles. The maximum absolute atomic E-state index is 6.14. The predicted octanol–water partition coefficient (Wildman–Crippen LogP) is 3.33. The van der Waals surface area contributed by atoms with Crippen LogP contribution in [0, 0.1) is 0 Å². The minimum atomic E-state index is -2.16. The third-order valence-electron chi connectivity index (χ3n) is 3.65. The van der Waals surface area contributed by atoms with Crippen molar-refractivity contribution in [1.29, 1.82) is 0 Å². The molecule has 1 aromatic heterocycles. The van der Waals surface area contributed by atoms with Gasteiger partial charge in [-0.05, 0) is 0 Å². The zero-order valence-corrected chi connectivity index (χ0v) is 17.4. The van der Waals surface area contributed by atoms with Gasteiger partial charge in [0.2, 0.25) is 0 Å². The molecule has 0 radical (unpaired) electrons. The summed E-state index contributed by atoms with van der Waals surface area (Å²) in [7, 11) is 0. The summed E-state index contributed by atoms with van der Waals surface area (Å²) < 4.78 is 18.9. The molecule has 1 atom stereocenters. The van der Waals surface area contributed by atoms with E-state index in [0.29, 0.717) is 6.61 Å². The Kier molecular flexibility index (Phi) is 6.13. The number of rotatable bonds is 6. The van der Waals surface area contributed by atoms with Crippen LogP contribution in [0.3, 0.4) is 0 Å². The molecule has 0 aromatic carbocycles. The molecule has 1 aliphatic rings. The van der Waals surface area contributed by atoms with E-state index in [4.69, 9.17) is 14.2 Å². The molecule has 1 unspecified atom stereocenters. The Bertz CT molecular complexity index is 479. The van der Waals surface area contributed by atoms with Gasteiger partial charge in [0.15, 0.2) is 0 Å². The number of hydrogen-bond acceptors (Lipinski definition) is 4. The van der Waals surface area contributed by atoms with Crippen molar-refractivity contribution in [3.63, 3.8) is 0 Å². The van der Waals surface area contributed by atoms with Crippen molar-refractivity contribution in [2.75, 3.05) is 13.2 Å². The van der Waals surface area contributed by atoms with E-state index in [1.165, 1.54) is 10.1 Å². The van der Waals surface area contributed by atoms with Crippen molar-refractivity contribution in [2.24, 2.45) is 0 Å². The molecule has 1 aromatic rings. The topological polar surface area (TPSA) is 40.6 Å². The molecule has 1 saturated heterocycles. The fraction of sp³-hybridized carbons (Fsp3) is 0.706. The maximum atomic E-state index is 6.14. The van der Waals surface area contributed by atoms with E-state index in [-0.39, 0.29) is 11.9 Å². The number of pyridine rings is 1. The van der Waals surface area contributed by atoms with E-state index < -0.39 is 18.4 Å². The molecule has 1 fully saturated rings. The summed E-state index contributed by atoms with van der Waals surface area (Å²) >= 11 is -2.16. The van der Waals surface area contributed by atoms with Crippen LogP contribution in [0.25, 0.3) is 0 Å². The number of ether oxygens (including phenoxy) is 3. The average molecular weight is 414 g/mol. The molecule has 2 rings (SSSR count). The quantitative estimate of drug-likeness (QED) is 0.670. The van der Waals surface area contributed by atoms with Gasteiger partial charge >= 0.3 is 138 Å². The Morgan fingerprint density at radius 3 is 2.73 bits per heavy atom. The van der Waals surface area contributed by atoms with Crippen molar-refractivity contribution >= 4 is 22.1 Å². The van der Waals surface area contributed by atoms with Gasteiger partial charge in [-0.2, -0.15) is 0 Å². The molecule has 4 nitrogen and oxygen atoms in total. The molecule has 0 N–H and O–H groups in total. The van der Waals surface area contributed by atoms with Gasteiger partial charge in [0.25, 0.3) is 0 Å². The Labute approximate surface area is 138 Å². The molecule has 5 heteroatoms. The zero-order chi connectivity index (χ0) is 16.2. The van der Waals surface area contributed by atoms with Gasteiger partial charge in [0, 0.05) is 0 Å². The van der Waals surface area contributed by atoms with Gasteiger partial charge < -0.3 is 0 Å². The van der Waals surface area contributed by atoms with Crippen LogP contribution < -0.4 is 8.45 Å². The van der Waals surface area contributed by atoms with Gasteiger partial charge in [-0.25, -0.2) is 0 Å². The standard InChI is InChI=1S/C14H20NO3.3CH3.Sn/c1-14(2,18-12-6-8-15-9-7-12)11-17-13-5-3-4-10-16-13;;;;/h6-8,13H,3-5,10-11H2,1-2H3;3*1H3;. The van der Waals surface area contributed by atoms with Crippen molar-refractivity contribution in [1.82, 2.24) is 4.98 Å². The van der Waals surface area contributed by atoms with E-state index in [9.17, 15) is 0 Å². The van der Waals surface area contributed by atoms with Crippen molar-refractivity contribution < 1.29 is 14.2 Å². The summed E-state index contributed by atoms with van der Waals surface area (Å²) in [5.74, 6) is 0.884. The van der Waals surface area contributed by atoms with Crippen LogP contribution in [-0.2, 0) is 9.47 Å². The van der Waals surface area contributed by atoms with Crippen LogP contribution in [0.4, 0.5) is 0 Å². The van der Waals surface area contributed by atoms with Gasteiger partial charge in [-0.3, -0.25) is 0 Å². The fourth-order valence-corrected chi connectivity index (χ4v) is 5.33. The molecule has 124 valence electrons. The first-order chi connectivity index (χ1) is 10.3. The Hall–Kier alpha value is -0.331. The van der Waals surface area contributed by atoms with Gasteiger partial charge in [0.05, 0.1) is 0 Å². The molecule has 0 amide bonds. The van der Waals surface area contributed by atoms with Crippen LogP contribution in [0.2, 0.25) is 14.8 Å². The molecule has 22 heavy (non-hydrogen) atoms. The first-order valence-electron chi connectivity index (χ1n) is 8.15. The van der Waals surface area contributed by atoms with Crippen molar-refractivity contribution in [3.8, 4) is 5.75 Å². The monoisotopic (exact) mass is 415 g/mol. The van der Waals surface area contributed by atoms with Crippen LogP contribution in [0.15, 0.2) is 18.3 Å². The summed E-state index contributed by atoms with van der Waals surface area (Å²) in [6.07, 6.45) is 5.08. The summed E-state index contributed by atoms with van der Waals surface area (Å²) in [6, 6.07) is 4.04. The molecule has 0 spiro atoms. The first kappa shape index (κ1) is 18.0. The molecule has 0 aliphatic carbocycles. The second-order valence-electron chi connectivity index (χ2n) is 7.60. The van der Waals surface area contributed by atoms with Crippen LogP contribution in [-0.4, -0.2) is 48.5 Å². The van der Waals surface area contributed by atoms with Crippen LogP contribution in [0.1, 0.15) is 33.1 Å². The molecule has 0 bridgehead atoms. The first-order valence-corrected chi connectivity index (χ1v) is 18.1. The summed E-state index contributed by atoms with van der Waals surface area (Å²) in [6.45, 7) is 5.43. The van der Waals surface area contributed by atoms with Gasteiger partial charge in [0.1, 0.15) is 0 Å². The normalized spacial score (nSPS) is 20.0. The SMILES string of the molecule is CC(C)(COC1CCCCO1)Oc1ccn[c]([Sn]([CH3])([CH3])[CH3])c1. The van der Waals surface area contributed by atoms with E-state index in [1.54, 1.807) is 0 Å². The molecular formula is C17H29NO3Sn. The fourth-order valence-electron chi connectivity index (χ4n) is 2.37. The molecule has 0 saturated carbocycles. The van der Waals surface area contributed by atoms with Crippen molar-refractivity contribution in [2.45, 2.75) is 59.8 Å². The number of aromatic nitrogens is 1. The Morgan fingerprint density at radius 2 is 2.09 bits per heavy atom. The van der Waals surface area contributed by atoms with Crippen molar-refractivity contribution in [3.05, 3.63) is 18.3 Å². The number of hydrogen-bond donors (Lipinski definition) is 0. The number of nitrogens with zero attached hydrogens (tertiary/aromatic N) is 1. The van der Waals surface area contributed by atoms with Gasteiger partial charge in [-0.1, -0.05) is 0 Å². The molecule has 2 heterocycles. The van der Waals surface area contributed by atoms with E-state index in [0.717, 1.165) is 25.2 Å². The second-order valence-corrected chi connectivity index (χ2v) is 21.9. The van der Waals surface area contributed by atoms with E-state index >= 15 is 0 Å². The Morgan fingerprint density at radius 1 is 1.32 bits per heavy atom. The third-order valence-corrected chi connectivity index (χ3v) is 8.82. The summed E-state index contributed by atoms with van der Waals surface area (Å²) in [5.41, 5.74) is -0.382. The van der Waals surface area contributed by atoms with Crippen LogP contribution >= 0.6 is 0 Å². The third kappa shape index (κ3) is 5.70. The van der Waals surface area contributed by atoms with Crippen LogP contribution in [0.5, 0.6) is 5.75 Å². The van der Waals surface area contributed by atoms with E-state index in [1.807, 2.05) is 12.3 Å². The molecular weight excluding hydrogens is 385 g/mol. The minimum absolute atomic E-state index is 0.0737. The average Bonchev–Trinajstić information content (AvgIpc) is 2.45. The Balaban J connectivity index is 1.93.